The number of carbonyl (C=O) groups is 2. The Balaban J connectivity index is 1.81. The Morgan fingerprint density at radius 2 is 1.69 bits per heavy atom. The molecular formula is C24H24BrNO5S. The minimum Gasteiger partial charge on any atom is -0.493 e. The van der Waals surface area contributed by atoms with Crippen LogP contribution in [0.3, 0.4) is 0 Å². The van der Waals surface area contributed by atoms with Crippen LogP contribution in [0, 0.1) is 6.92 Å². The van der Waals surface area contributed by atoms with Gasteiger partial charge in [-0.25, -0.2) is 4.79 Å². The molecule has 1 aromatic heterocycles. The first-order valence-electron chi connectivity index (χ1n) is 9.86. The molecule has 0 bridgehead atoms. The van der Waals surface area contributed by atoms with Crippen molar-refractivity contribution in [3.05, 3.63) is 62.9 Å². The largest absolute Gasteiger partial charge is 0.493 e. The van der Waals surface area contributed by atoms with E-state index in [9.17, 15) is 9.59 Å². The normalized spacial score (nSPS) is 10.5. The smallest absolute Gasteiger partial charge is 0.341 e. The summed E-state index contributed by atoms with van der Waals surface area (Å²) in [4.78, 5) is 26.2. The van der Waals surface area contributed by atoms with E-state index >= 15 is 0 Å². The highest BCUT2D eigenvalue weighted by Crippen LogP contribution is 2.40. The number of amides is 1. The number of nitrogens with one attached hydrogen (secondary N) is 1. The number of benzene rings is 2. The van der Waals surface area contributed by atoms with Crippen molar-refractivity contribution in [3.63, 3.8) is 0 Å². The van der Waals surface area contributed by atoms with Crippen LogP contribution in [0.25, 0.3) is 11.1 Å². The summed E-state index contributed by atoms with van der Waals surface area (Å²) >= 11 is 4.79. The second kappa shape index (κ2) is 10.7. The molecule has 1 amide bonds. The van der Waals surface area contributed by atoms with Gasteiger partial charge in [0.15, 0.2) is 11.5 Å². The lowest BCUT2D eigenvalue weighted by Gasteiger charge is -2.10. The van der Waals surface area contributed by atoms with E-state index in [1.54, 1.807) is 14.2 Å². The van der Waals surface area contributed by atoms with Gasteiger partial charge in [-0.05, 0) is 48.7 Å². The number of halogens is 1. The number of methoxy groups -OCH3 is 3. The number of esters is 1. The molecule has 2 aromatic carbocycles. The number of aryl methyl sites for hydroxylation is 2. The van der Waals surface area contributed by atoms with Crippen molar-refractivity contribution >= 4 is 44.1 Å². The van der Waals surface area contributed by atoms with Gasteiger partial charge >= 0.3 is 5.97 Å². The quantitative estimate of drug-likeness (QED) is 0.378. The van der Waals surface area contributed by atoms with Gasteiger partial charge in [-0.2, -0.15) is 0 Å². The molecule has 0 aliphatic carbocycles. The number of anilines is 1. The van der Waals surface area contributed by atoms with E-state index in [0.29, 0.717) is 28.5 Å². The van der Waals surface area contributed by atoms with Crippen molar-refractivity contribution < 1.29 is 23.8 Å². The molecule has 0 aliphatic heterocycles. The minimum atomic E-state index is -0.484. The topological polar surface area (TPSA) is 73.9 Å². The van der Waals surface area contributed by atoms with Gasteiger partial charge in [-0.3, -0.25) is 4.79 Å². The lowest BCUT2D eigenvalue weighted by atomic mass is 10.0. The SMILES string of the molecule is COC(=O)c1c(NC(=O)CCc2ccc(OC)c(OC)c2)sc(C)c1-c1ccc(Br)cc1. The Morgan fingerprint density at radius 3 is 2.31 bits per heavy atom. The minimum absolute atomic E-state index is 0.187. The summed E-state index contributed by atoms with van der Waals surface area (Å²) in [6.45, 7) is 1.92. The lowest BCUT2D eigenvalue weighted by Crippen LogP contribution is -2.14. The zero-order chi connectivity index (χ0) is 23.3. The van der Waals surface area contributed by atoms with E-state index < -0.39 is 5.97 Å². The fourth-order valence-electron chi connectivity index (χ4n) is 3.38. The fraction of sp³-hybridized carbons (Fsp3) is 0.250. The summed E-state index contributed by atoms with van der Waals surface area (Å²) in [5.41, 5.74) is 2.97. The Labute approximate surface area is 199 Å². The van der Waals surface area contributed by atoms with Crippen molar-refractivity contribution in [2.45, 2.75) is 19.8 Å². The molecule has 0 fully saturated rings. The van der Waals surface area contributed by atoms with E-state index in [4.69, 9.17) is 14.2 Å². The van der Waals surface area contributed by atoms with Gasteiger partial charge in [0.25, 0.3) is 0 Å². The molecule has 3 rings (SSSR count). The number of ether oxygens (including phenoxy) is 3. The summed E-state index contributed by atoms with van der Waals surface area (Å²) in [5, 5.41) is 3.39. The van der Waals surface area contributed by atoms with E-state index in [1.165, 1.54) is 18.4 Å². The van der Waals surface area contributed by atoms with Crippen LogP contribution in [0.1, 0.15) is 27.2 Å². The second-order valence-corrected chi connectivity index (χ2v) is 9.11. The van der Waals surface area contributed by atoms with Gasteiger partial charge in [0.05, 0.1) is 21.3 Å². The molecule has 3 aromatic rings. The van der Waals surface area contributed by atoms with Crippen LogP contribution >= 0.6 is 27.3 Å². The Kier molecular flexibility index (Phi) is 7.93. The van der Waals surface area contributed by atoms with Crippen LogP contribution in [-0.4, -0.2) is 33.2 Å². The maximum absolute atomic E-state index is 12.7. The average molecular weight is 518 g/mol. The monoisotopic (exact) mass is 517 g/mol. The van der Waals surface area contributed by atoms with Crippen molar-refractivity contribution in [2.75, 3.05) is 26.6 Å². The van der Waals surface area contributed by atoms with Crippen LogP contribution in [0.2, 0.25) is 0 Å². The first kappa shape index (κ1) is 23.8. The Morgan fingerprint density at radius 1 is 1.00 bits per heavy atom. The second-order valence-electron chi connectivity index (χ2n) is 6.97. The molecule has 0 atom stereocenters. The molecule has 1 N–H and O–H groups in total. The number of hydrogen-bond donors (Lipinski definition) is 1. The molecule has 0 saturated heterocycles. The summed E-state index contributed by atoms with van der Waals surface area (Å²) in [5.74, 6) is 0.584. The standard InChI is InChI=1S/C24H24BrNO5S/c1-14-21(16-7-9-17(25)10-8-16)22(24(28)31-4)23(32-14)26-20(27)12-6-15-5-11-18(29-2)19(13-15)30-3/h5,7-11,13H,6,12H2,1-4H3,(H,26,27). The van der Waals surface area contributed by atoms with E-state index in [2.05, 4.69) is 21.2 Å². The number of rotatable bonds is 8. The van der Waals surface area contributed by atoms with Crippen LogP contribution in [0.15, 0.2) is 46.9 Å². The highest BCUT2D eigenvalue weighted by atomic mass is 79.9. The third-order valence-electron chi connectivity index (χ3n) is 4.95. The number of carbonyl (C=O) groups excluding carboxylic acids is 2. The van der Waals surface area contributed by atoms with Gasteiger partial charge in [0.2, 0.25) is 5.91 Å². The third-order valence-corrected chi connectivity index (χ3v) is 6.50. The summed E-state index contributed by atoms with van der Waals surface area (Å²) in [6, 6.07) is 13.2. The van der Waals surface area contributed by atoms with Gasteiger partial charge in [0, 0.05) is 21.3 Å². The maximum atomic E-state index is 12.7. The van der Waals surface area contributed by atoms with Crippen molar-refractivity contribution in [1.29, 1.82) is 0 Å². The summed E-state index contributed by atoms with van der Waals surface area (Å²) in [7, 11) is 4.49. The molecule has 8 heteroatoms. The molecule has 0 unspecified atom stereocenters. The molecule has 1 heterocycles. The molecule has 0 aliphatic rings. The molecule has 0 spiro atoms. The Hall–Kier alpha value is -2.84. The van der Waals surface area contributed by atoms with Crippen molar-refractivity contribution in [1.82, 2.24) is 0 Å². The number of hydrogen-bond acceptors (Lipinski definition) is 6. The van der Waals surface area contributed by atoms with Gasteiger partial charge in [0.1, 0.15) is 10.6 Å². The van der Waals surface area contributed by atoms with Crippen LogP contribution in [0.4, 0.5) is 5.00 Å². The van der Waals surface area contributed by atoms with Crippen molar-refractivity contribution in [3.8, 4) is 22.6 Å². The molecule has 168 valence electrons. The average Bonchev–Trinajstić information content (AvgIpc) is 3.12. The molecular weight excluding hydrogens is 494 g/mol. The predicted molar refractivity (Wildman–Crippen MR) is 130 cm³/mol. The zero-order valence-electron chi connectivity index (χ0n) is 18.3. The zero-order valence-corrected chi connectivity index (χ0v) is 20.7. The van der Waals surface area contributed by atoms with Crippen LogP contribution in [-0.2, 0) is 16.0 Å². The number of thiophene rings is 1. The lowest BCUT2D eigenvalue weighted by molar-refractivity contribution is -0.116. The van der Waals surface area contributed by atoms with E-state index in [1.807, 2.05) is 49.4 Å². The first-order valence-corrected chi connectivity index (χ1v) is 11.5. The first-order chi connectivity index (χ1) is 15.4. The van der Waals surface area contributed by atoms with Gasteiger partial charge in [-0.15, -0.1) is 11.3 Å². The molecule has 0 radical (unpaired) electrons. The molecule has 0 saturated carbocycles. The maximum Gasteiger partial charge on any atom is 0.341 e. The summed E-state index contributed by atoms with van der Waals surface area (Å²) < 4.78 is 16.5. The fourth-order valence-corrected chi connectivity index (χ4v) is 4.72. The van der Waals surface area contributed by atoms with Crippen LogP contribution in [0.5, 0.6) is 11.5 Å². The summed E-state index contributed by atoms with van der Waals surface area (Å²) in [6.07, 6.45) is 0.768. The van der Waals surface area contributed by atoms with Crippen molar-refractivity contribution in [2.24, 2.45) is 0 Å². The van der Waals surface area contributed by atoms with Crippen LogP contribution < -0.4 is 14.8 Å². The van der Waals surface area contributed by atoms with E-state index in [-0.39, 0.29) is 12.3 Å². The molecule has 6 nitrogen and oxygen atoms in total. The Bertz CT molecular complexity index is 1120. The highest BCUT2D eigenvalue weighted by Gasteiger charge is 2.25. The third kappa shape index (κ3) is 5.31. The van der Waals surface area contributed by atoms with Gasteiger partial charge in [-0.1, -0.05) is 34.1 Å². The highest BCUT2D eigenvalue weighted by molar-refractivity contribution is 9.10. The van der Waals surface area contributed by atoms with E-state index in [0.717, 1.165) is 26.0 Å². The predicted octanol–water partition coefficient (Wildman–Crippen LogP) is 5.86. The molecule has 32 heavy (non-hydrogen) atoms. The van der Waals surface area contributed by atoms with Gasteiger partial charge < -0.3 is 19.5 Å².